The van der Waals surface area contributed by atoms with E-state index in [0.717, 1.165) is 0 Å². The van der Waals surface area contributed by atoms with Crippen LogP contribution in [0.2, 0.25) is 0 Å². The number of nitrogens with zero attached hydrogens (tertiary/aromatic N) is 1. The lowest BCUT2D eigenvalue weighted by Crippen LogP contribution is -2.35. The zero-order chi connectivity index (χ0) is 9.12. The Labute approximate surface area is 63.8 Å². The lowest BCUT2D eigenvalue weighted by Gasteiger charge is -2.25. The number of halogens is 3. The fourth-order valence-corrected chi connectivity index (χ4v) is 0.872. The van der Waals surface area contributed by atoms with Crippen molar-refractivity contribution in [3.63, 3.8) is 0 Å². The van der Waals surface area contributed by atoms with Gasteiger partial charge in [-0.3, -0.25) is 0 Å². The van der Waals surface area contributed by atoms with Gasteiger partial charge >= 0.3 is 6.18 Å². The van der Waals surface area contributed by atoms with E-state index < -0.39 is 11.6 Å². The molecule has 0 spiro atoms. The second kappa shape index (κ2) is 3.12. The molecule has 11 heavy (non-hydrogen) atoms. The highest BCUT2D eigenvalue weighted by Crippen LogP contribution is 2.42. The summed E-state index contributed by atoms with van der Waals surface area (Å²) in [6.45, 7) is 2.75. The van der Waals surface area contributed by atoms with Crippen molar-refractivity contribution in [3.05, 3.63) is 0 Å². The molecular weight excluding hydrogens is 155 g/mol. The molecule has 0 fully saturated rings. The first-order valence-electron chi connectivity index (χ1n) is 3.41. The summed E-state index contributed by atoms with van der Waals surface area (Å²) in [5.41, 5.74) is -2.13. The molecule has 4 heteroatoms. The van der Waals surface area contributed by atoms with E-state index in [-0.39, 0.29) is 12.8 Å². The van der Waals surface area contributed by atoms with E-state index in [9.17, 15) is 13.2 Å². The van der Waals surface area contributed by atoms with Crippen LogP contribution in [0, 0.1) is 16.7 Å². The monoisotopic (exact) mass is 165 g/mol. The average molecular weight is 165 g/mol. The Morgan fingerprint density at radius 3 is 1.55 bits per heavy atom. The molecule has 0 aliphatic heterocycles. The summed E-state index contributed by atoms with van der Waals surface area (Å²) < 4.78 is 36.5. The highest BCUT2D eigenvalue weighted by Gasteiger charge is 2.52. The molecule has 0 aromatic carbocycles. The molecule has 0 atom stereocenters. The van der Waals surface area contributed by atoms with Gasteiger partial charge in [0.1, 0.15) is 0 Å². The molecule has 0 aliphatic carbocycles. The third-order valence-corrected chi connectivity index (χ3v) is 1.96. The minimum Gasteiger partial charge on any atom is -0.197 e. The van der Waals surface area contributed by atoms with Crippen LogP contribution >= 0.6 is 0 Å². The van der Waals surface area contributed by atoms with Crippen molar-refractivity contribution >= 4 is 0 Å². The van der Waals surface area contributed by atoms with Crippen molar-refractivity contribution in [2.24, 2.45) is 5.41 Å². The molecule has 0 unspecified atom stereocenters. The summed E-state index contributed by atoms with van der Waals surface area (Å²) in [5, 5.41) is 8.34. The number of hydrogen-bond acceptors (Lipinski definition) is 1. The minimum atomic E-state index is -4.40. The SMILES string of the molecule is CCC(C#N)(CC)C(F)(F)F. The molecule has 0 bridgehead atoms. The van der Waals surface area contributed by atoms with Gasteiger partial charge in [0.2, 0.25) is 0 Å². The molecule has 0 N–H and O–H groups in total. The Morgan fingerprint density at radius 1 is 1.18 bits per heavy atom. The molecule has 0 aromatic heterocycles. The Hall–Kier alpha value is -0.720. The number of hydrogen-bond donors (Lipinski definition) is 0. The first-order valence-corrected chi connectivity index (χ1v) is 3.41. The predicted molar refractivity (Wildman–Crippen MR) is 34.7 cm³/mol. The van der Waals surface area contributed by atoms with E-state index in [4.69, 9.17) is 5.26 Å². The molecule has 64 valence electrons. The number of nitriles is 1. The van der Waals surface area contributed by atoms with Gasteiger partial charge in [0.15, 0.2) is 5.41 Å². The van der Waals surface area contributed by atoms with Gasteiger partial charge in [0.25, 0.3) is 0 Å². The van der Waals surface area contributed by atoms with Gasteiger partial charge < -0.3 is 0 Å². The summed E-state index contributed by atoms with van der Waals surface area (Å²) in [6.07, 6.45) is -4.75. The second-order valence-corrected chi connectivity index (χ2v) is 2.40. The maximum atomic E-state index is 12.2. The average Bonchev–Trinajstić information content (AvgIpc) is 1.90. The molecule has 0 aromatic rings. The maximum absolute atomic E-state index is 12.2. The van der Waals surface area contributed by atoms with Gasteiger partial charge in [0, 0.05) is 0 Å². The molecule has 0 radical (unpaired) electrons. The van der Waals surface area contributed by atoms with Gasteiger partial charge in [-0.25, -0.2) is 0 Å². The van der Waals surface area contributed by atoms with Crippen molar-refractivity contribution < 1.29 is 13.2 Å². The van der Waals surface area contributed by atoms with Crippen molar-refractivity contribution in [2.75, 3.05) is 0 Å². The van der Waals surface area contributed by atoms with Crippen LogP contribution in [0.5, 0.6) is 0 Å². The van der Waals surface area contributed by atoms with Crippen LogP contribution < -0.4 is 0 Å². The van der Waals surface area contributed by atoms with Crippen LogP contribution in [-0.4, -0.2) is 6.18 Å². The first-order chi connectivity index (χ1) is 4.93. The molecule has 0 heterocycles. The predicted octanol–water partition coefficient (Wildman–Crippen LogP) is 2.88. The summed E-state index contributed by atoms with van der Waals surface area (Å²) in [6, 6.07) is 1.33. The van der Waals surface area contributed by atoms with E-state index in [2.05, 4.69) is 0 Å². The summed E-state index contributed by atoms with van der Waals surface area (Å²) in [7, 11) is 0. The lowest BCUT2D eigenvalue weighted by atomic mass is 9.83. The zero-order valence-corrected chi connectivity index (χ0v) is 6.50. The Morgan fingerprint density at radius 2 is 1.55 bits per heavy atom. The van der Waals surface area contributed by atoms with E-state index in [0.29, 0.717) is 0 Å². The van der Waals surface area contributed by atoms with Gasteiger partial charge in [-0.1, -0.05) is 13.8 Å². The van der Waals surface area contributed by atoms with Crippen LogP contribution in [-0.2, 0) is 0 Å². The van der Waals surface area contributed by atoms with E-state index in [1.54, 1.807) is 0 Å². The van der Waals surface area contributed by atoms with Gasteiger partial charge in [0.05, 0.1) is 6.07 Å². The molecular formula is C7H10F3N. The molecule has 0 amide bonds. The normalized spacial score (nSPS) is 12.7. The minimum absolute atomic E-state index is 0.177. The fraction of sp³-hybridized carbons (Fsp3) is 0.857. The third-order valence-electron chi connectivity index (χ3n) is 1.96. The zero-order valence-electron chi connectivity index (χ0n) is 6.50. The highest BCUT2D eigenvalue weighted by atomic mass is 19.4. The molecule has 0 saturated heterocycles. The van der Waals surface area contributed by atoms with Crippen LogP contribution in [0.25, 0.3) is 0 Å². The standard InChI is InChI=1S/C7H10F3N/c1-3-6(4-2,5-11)7(8,9)10/h3-4H2,1-2H3. The van der Waals surface area contributed by atoms with Crippen LogP contribution in [0.4, 0.5) is 13.2 Å². The second-order valence-electron chi connectivity index (χ2n) is 2.40. The highest BCUT2D eigenvalue weighted by molar-refractivity contribution is 5.02. The number of rotatable bonds is 2. The molecule has 0 saturated carbocycles. The Bertz CT molecular complexity index is 162. The number of alkyl halides is 3. The summed E-state index contributed by atoms with van der Waals surface area (Å²) in [5.74, 6) is 0. The van der Waals surface area contributed by atoms with Crippen LogP contribution in [0.3, 0.4) is 0 Å². The smallest absolute Gasteiger partial charge is 0.197 e. The summed E-state index contributed by atoms with van der Waals surface area (Å²) >= 11 is 0. The van der Waals surface area contributed by atoms with Gasteiger partial charge in [-0.15, -0.1) is 0 Å². The maximum Gasteiger partial charge on any atom is 0.407 e. The fourth-order valence-electron chi connectivity index (χ4n) is 0.872. The van der Waals surface area contributed by atoms with Gasteiger partial charge in [-0.2, -0.15) is 18.4 Å². The van der Waals surface area contributed by atoms with Crippen LogP contribution in [0.15, 0.2) is 0 Å². The lowest BCUT2D eigenvalue weighted by molar-refractivity contribution is -0.204. The topological polar surface area (TPSA) is 23.8 Å². The quantitative estimate of drug-likeness (QED) is 0.617. The van der Waals surface area contributed by atoms with Crippen molar-refractivity contribution in [2.45, 2.75) is 32.9 Å². The van der Waals surface area contributed by atoms with Crippen molar-refractivity contribution in [1.82, 2.24) is 0 Å². The van der Waals surface area contributed by atoms with E-state index in [1.807, 2.05) is 0 Å². The van der Waals surface area contributed by atoms with Crippen molar-refractivity contribution in [3.8, 4) is 6.07 Å². The Kier molecular flexibility index (Phi) is 2.92. The molecule has 0 aliphatic rings. The Balaban J connectivity index is 4.73. The van der Waals surface area contributed by atoms with Crippen LogP contribution in [0.1, 0.15) is 26.7 Å². The summed E-state index contributed by atoms with van der Waals surface area (Å²) in [4.78, 5) is 0. The largest absolute Gasteiger partial charge is 0.407 e. The van der Waals surface area contributed by atoms with E-state index in [1.165, 1.54) is 19.9 Å². The van der Waals surface area contributed by atoms with Crippen molar-refractivity contribution in [1.29, 1.82) is 5.26 Å². The third kappa shape index (κ3) is 1.65. The molecule has 0 rings (SSSR count). The van der Waals surface area contributed by atoms with E-state index >= 15 is 0 Å². The molecule has 1 nitrogen and oxygen atoms in total. The van der Waals surface area contributed by atoms with Gasteiger partial charge in [-0.05, 0) is 12.8 Å². The first kappa shape index (κ1) is 10.3.